The molecule has 2 amide bonds. The Kier molecular flexibility index (Phi) is 4.96. The van der Waals surface area contributed by atoms with E-state index in [-0.39, 0.29) is 17.7 Å². The molecule has 0 radical (unpaired) electrons. The van der Waals surface area contributed by atoms with Gasteiger partial charge >= 0.3 is 0 Å². The smallest absolute Gasteiger partial charge is 0.251 e. The fourth-order valence-corrected chi connectivity index (χ4v) is 2.68. The summed E-state index contributed by atoms with van der Waals surface area (Å²) < 4.78 is 0. The van der Waals surface area contributed by atoms with E-state index in [1.54, 1.807) is 24.1 Å². The summed E-state index contributed by atoms with van der Waals surface area (Å²) in [5, 5.41) is 5.85. The highest BCUT2D eigenvalue weighted by Gasteiger charge is 2.31. The quantitative estimate of drug-likeness (QED) is 0.864. The molecule has 0 bridgehead atoms. The predicted octanol–water partition coefficient (Wildman–Crippen LogP) is 0.860. The van der Waals surface area contributed by atoms with Crippen molar-refractivity contribution < 1.29 is 9.59 Å². The molecule has 1 heterocycles. The molecule has 2 rings (SSSR count). The molecule has 114 valence electrons. The van der Waals surface area contributed by atoms with Crippen LogP contribution in [0.1, 0.15) is 22.8 Å². The summed E-state index contributed by atoms with van der Waals surface area (Å²) in [6, 6.07) is 7.35. The van der Waals surface area contributed by atoms with E-state index in [0.29, 0.717) is 18.0 Å². The van der Waals surface area contributed by atoms with E-state index in [1.807, 2.05) is 19.2 Å². The number of hydrogen-bond acceptors (Lipinski definition) is 3. The third-order valence-electron chi connectivity index (χ3n) is 4.07. The number of benzene rings is 1. The Balaban J connectivity index is 1.97. The first-order chi connectivity index (χ1) is 10.0. The molecule has 21 heavy (non-hydrogen) atoms. The van der Waals surface area contributed by atoms with Gasteiger partial charge in [-0.3, -0.25) is 9.59 Å². The highest BCUT2D eigenvalue weighted by Crippen LogP contribution is 2.19. The highest BCUT2D eigenvalue weighted by molar-refractivity contribution is 5.93. The molecule has 1 aromatic rings. The van der Waals surface area contributed by atoms with Gasteiger partial charge in [0, 0.05) is 32.7 Å². The normalized spacial score (nSPS) is 21.1. The minimum absolute atomic E-state index is 0.0696. The van der Waals surface area contributed by atoms with Crippen molar-refractivity contribution >= 4 is 11.8 Å². The fourth-order valence-electron chi connectivity index (χ4n) is 2.68. The van der Waals surface area contributed by atoms with Crippen molar-refractivity contribution in [1.29, 1.82) is 0 Å². The average Bonchev–Trinajstić information content (AvgIpc) is 2.92. The van der Waals surface area contributed by atoms with Gasteiger partial charge in [0.15, 0.2) is 0 Å². The average molecular weight is 289 g/mol. The van der Waals surface area contributed by atoms with Crippen LogP contribution in [0.15, 0.2) is 24.3 Å². The van der Waals surface area contributed by atoms with E-state index >= 15 is 0 Å². The third kappa shape index (κ3) is 3.61. The van der Waals surface area contributed by atoms with E-state index in [2.05, 4.69) is 17.6 Å². The van der Waals surface area contributed by atoms with Crippen molar-refractivity contribution in [2.75, 3.05) is 27.2 Å². The second-order valence-corrected chi connectivity index (χ2v) is 5.71. The van der Waals surface area contributed by atoms with Crippen molar-refractivity contribution in [2.24, 2.45) is 11.8 Å². The monoisotopic (exact) mass is 289 g/mol. The summed E-state index contributed by atoms with van der Waals surface area (Å²) in [6.07, 6.45) is 0. The zero-order valence-electron chi connectivity index (χ0n) is 12.8. The van der Waals surface area contributed by atoms with E-state index in [1.165, 1.54) is 0 Å². The van der Waals surface area contributed by atoms with Gasteiger partial charge in [-0.1, -0.05) is 19.1 Å². The summed E-state index contributed by atoms with van der Waals surface area (Å²) in [7, 11) is 3.44. The number of nitrogens with zero attached hydrogens (tertiary/aromatic N) is 1. The number of nitrogens with one attached hydrogen (secondary N) is 2. The molecule has 0 aromatic heterocycles. The summed E-state index contributed by atoms with van der Waals surface area (Å²) in [5.41, 5.74) is 1.65. The first-order valence-corrected chi connectivity index (χ1v) is 7.29. The lowest BCUT2D eigenvalue weighted by Crippen LogP contribution is -2.35. The molecule has 5 heteroatoms. The third-order valence-corrected chi connectivity index (χ3v) is 4.07. The first kappa shape index (κ1) is 15.5. The van der Waals surface area contributed by atoms with Crippen LogP contribution in [0.4, 0.5) is 0 Å². The van der Waals surface area contributed by atoms with Gasteiger partial charge in [0.05, 0.1) is 5.92 Å². The topological polar surface area (TPSA) is 61.4 Å². The maximum absolute atomic E-state index is 12.4. The summed E-state index contributed by atoms with van der Waals surface area (Å²) in [5.74, 6) is 0.537. The van der Waals surface area contributed by atoms with Crippen molar-refractivity contribution in [3.8, 4) is 0 Å². The lowest BCUT2D eigenvalue weighted by molar-refractivity contribution is -0.135. The zero-order chi connectivity index (χ0) is 15.4. The van der Waals surface area contributed by atoms with Crippen LogP contribution in [0.25, 0.3) is 0 Å². The van der Waals surface area contributed by atoms with Gasteiger partial charge in [-0.25, -0.2) is 0 Å². The molecule has 5 nitrogen and oxygen atoms in total. The second-order valence-electron chi connectivity index (χ2n) is 5.71. The molecule has 2 N–H and O–H groups in total. The molecule has 1 fully saturated rings. The first-order valence-electron chi connectivity index (χ1n) is 7.29. The minimum atomic E-state index is -0.100. The Hall–Kier alpha value is -1.88. The van der Waals surface area contributed by atoms with Crippen LogP contribution >= 0.6 is 0 Å². The standard InChI is InChI=1S/C16H23N3O2/c1-11-8-18-9-14(11)16(21)19(3)10-12-4-6-13(7-5-12)15(20)17-2/h4-7,11,14,18H,8-10H2,1-3H3,(H,17,20)/t11-,14-/m1/s1. The van der Waals surface area contributed by atoms with Gasteiger partial charge in [0.1, 0.15) is 0 Å². The number of hydrogen-bond donors (Lipinski definition) is 2. The molecule has 1 aromatic carbocycles. The van der Waals surface area contributed by atoms with Crippen molar-refractivity contribution in [2.45, 2.75) is 13.5 Å². The Morgan fingerprint density at radius 2 is 1.95 bits per heavy atom. The molecule has 1 aliphatic heterocycles. The van der Waals surface area contributed by atoms with Crippen LogP contribution in [-0.4, -0.2) is 43.9 Å². The van der Waals surface area contributed by atoms with Crippen LogP contribution in [0.5, 0.6) is 0 Å². The molecule has 0 aliphatic carbocycles. The maximum Gasteiger partial charge on any atom is 0.251 e. The Morgan fingerprint density at radius 3 is 2.48 bits per heavy atom. The van der Waals surface area contributed by atoms with Gasteiger partial charge in [0.2, 0.25) is 5.91 Å². The van der Waals surface area contributed by atoms with E-state index in [9.17, 15) is 9.59 Å². The second kappa shape index (κ2) is 6.72. The molecular formula is C16H23N3O2. The number of amides is 2. The van der Waals surface area contributed by atoms with E-state index < -0.39 is 0 Å². The predicted molar refractivity (Wildman–Crippen MR) is 81.8 cm³/mol. The summed E-state index contributed by atoms with van der Waals surface area (Å²) >= 11 is 0. The van der Waals surface area contributed by atoms with Crippen molar-refractivity contribution in [3.63, 3.8) is 0 Å². The van der Waals surface area contributed by atoms with Crippen molar-refractivity contribution in [1.82, 2.24) is 15.5 Å². The largest absolute Gasteiger partial charge is 0.355 e. The van der Waals surface area contributed by atoms with Crippen LogP contribution in [0, 0.1) is 11.8 Å². The Morgan fingerprint density at radius 1 is 1.29 bits per heavy atom. The minimum Gasteiger partial charge on any atom is -0.355 e. The van der Waals surface area contributed by atoms with Crippen LogP contribution in [-0.2, 0) is 11.3 Å². The number of carbonyl (C=O) groups is 2. The summed E-state index contributed by atoms with van der Waals surface area (Å²) in [6.45, 7) is 4.34. The maximum atomic E-state index is 12.4. The van der Waals surface area contributed by atoms with E-state index in [0.717, 1.165) is 18.7 Å². The zero-order valence-corrected chi connectivity index (χ0v) is 12.8. The molecule has 1 aliphatic rings. The van der Waals surface area contributed by atoms with Gasteiger partial charge in [-0.05, 0) is 30.2 Å². The molecule has 0 unspecified atom stereocenters. The number of rotatable bonds is 4. The molecule has 1 saturated heterocycles. The SMILES string of the molecule is CNC(=O)c1ccc(CN(C)C(=O)[C@@H]2CNC[C@H]2C)cc1. The van der Waals surface area contributed by atoms with Gasteiger partial charge in [0.25, 0.3) is 5.91 Å². The lowest BCUT2D eigenvalue weighted by Gasteiger charge is -2.23. The van der Waals surface area contributed by atoms with Gasteiger partial charge in [-0.2, -0.15) is 0 Å². The fraction of sp³-hybridized carbons (Fsp3) is 0.500. The molecular weight excluding hydrogens is 266 g/mol. The van der Waals surface area contributed by atoms with Gasteiger partial charge in [-0.15, -0.1) is 0 Å². The molecule has 0 spiro atoms. The molecule has 2 atom stereocenters. The van der Waals surface area contributed by atoms with Gasteiger partial charge < -0.3 is 15.5 Å². The number of carbonyl (C=O) groups excluding carboxylic acids is 2. The Labute approximate surface area is 125 Å². The van der Waals surface area contributed by atoms with E-state index in [4.69, 9.17) is 0 Å². The van der Waals surface area contributed by atoms with Crippen LogP contribution < -0.4 is 10.6 Å². The molecule has 0 saturated carbocycles. The highest BCUT2D eigenvalue weighted by atomic mass is 16.2. The summed E-state index contributed by atoms with van der Waals surface area (Å²) in [4.78, 5) is 25.7. The van der Waals surface area contributed by atoms with Crippen LogP contribution in [0.2, 0.25) is 0 Å². The van der Waals surface area contributed by atoms with Crippen molar-refractivity contribution in [3.05, 3.63) is 35.4 Å². The Bertz CT molecular complexity index is 513. The lowest BCUT2D eigenvalue weighted by atomic mass is 9.96. The van der Waals surface area contributed by atoms with Crippen LogP contribution in [0.3, 0.4) is 0 Å².